The molecule has 0 unspecified atom stereocenters. The lowest BCUT2D eigenvalue weighted by atomic mass is 10.0. The van der Waals surface area contributed by atoms with Crippen LogP contribution in [-0.4, -0.2) is 0 Å². The van der Waals surface area contributed by atoms with Crippen LogP contribution in [0.5, 0.6) is 0 Å². The SMILES string of the molecule is C=C(C)CCc1ccc(CCC)cc1. The van der Waals surface area contributed by atoms with Gasteiger partial charge in [0.15, 0.2) is 0 Å². The van der Waals surface area contributed by atoms with Crippen LogP contribution in [0.2, 0.25) is 0 Å². The Kier molecular flexibility index (Phi) is 4.45. The molecule has 0 fully saturated rings. The van der Waals surface area contributed by atoms with Crippen LogP contribution in [0.4, 0.5) is 0 Å². The second kappa shape index (κ2) is 5.64. The fraction of sp³-hybridized carbons (Fsp3) is 0.429. The molecule has 0 aromatic heterocycles. The molecule has 0 N–H and O–H groups in total. The van der Waals surface area contributed by atoms with Crippen LogP contribution in [0.25, 0.3) is 0 Å². The van der Waals surface area contributed by atoms with Crippen molar-refractivity contribution in [2.75, 3.05) is 0 Å². The van der Waals surface area contributed by atoms with Crippen LogP contribution in [-0.2, 0) is 12.8 Å². The third kappa shape index (κ3) is 3.78. The van der Waals surface area contributed by atoms with Gasteiger partial charge < -0.3 is 0 Å². The maximum absolute atomic E-state index is 3.92. The Bertz CT molecular complexity index is 279. The zero-order valence-corrected chi connectivity index (χ0v) is 9.34. The minimum atomic E-state index is 1.10. The average molecular weight is 188 g/mol. The van der Waals surface area contributed by atoms with E-state index in [1.54, 1.807) is 0 Å². The molecule has 0 nitrogen and oxygen atoms in total. The van der Waals surface area contributed by atoms with E-state index in [1.165, 1.54) is 29.5 Å². The minimum absolute atomic E-state index is 1.10. The quantitative estimate of drug-likeness (QED) is 0.609. The first-order valence-corrected chi connectivity index (χ1v) is 5.44. The summed E-state index contributed by atoms with van der Waals surface area (Å²) in [6.45, 7) is 8.22. The van der Waals surface area contributed by atoms with Crippen molar-refractivity contribution in [3.63, 3.8) is 0 Å². The molecule has 0 aliphatic heterocycles. The van der Waals surface area contributed by atoms with Gasteiger partial charge in [0.2, 0.25) is 0 Å². The van der Waals surface area contributed by atoms with Gasteiger partial charge in [-0.25, -0.2) is 0 Å². The number of benzene rings is 1. The highest BCUT2D eigenvalue weighted by Crippen LogP contribution is 2.10. The Labute approximate surface area is 87.7 Å². The van der Waals surface area contributed by atoms with E-state index in [0.717, 1.165) is 12.8 Å². The first-order valence-electron chi connectivity index (χ1n) is 5.44. The molecule has 14 heavy (non-hydrogen) atoms. The number of rotatable bonds is 5. The number of allylic oxidation sites excluding steroid dienone is 1. The van der Waals surface area contributed by atoms with Gasteiger partial charge in [-0.3, -0.25) is 0 Å². The zero-order valence-electron chi connectivity index (χ0n) is 9.34. The molecule has 76 valence electrons. The molecule has 0 amide bonds. The predicted molar refractivity (Wildman–Crippen MR) is 63.6 cm³/mol. The highest BCUT2D eigenvalue weighted by Gasteiger charge is 1.94. The van der Waals surface area contributed by atoms with Crippen molar-refractivity contribution in [3.8, 4) is 0 Å². The Hall–Kier alpha value is -1.04. The molecule has 0 aliphatic carbocycles. The summed E-state index contributed by atoms with van der Waals surface area (Å²) in [4.78, 5) is 0. The average Bonchev–Trinajstić information content (AvgIpc) is 2.17. The fourth-order valence-electron chi connectivity index (χ4n) is 1.52. The van der Waals surface area contributed by atoms with Crippen LogP contribution in [0.15, 0.2) is 36.4 Å². The topological polar surface area (TPSA) is 0 Å². The van der Waals surface area contributed by atoms with Crippen molar-refractivity contribution in [1.82, 2.24) is 0 Å². The van der Waals surface area contributed by atoms with Gasteiger partial charge in [0.25, 0.3) is 0 Å². The molecular weight excluding hydrogens is 168 g/mol. The number of hydrogen-bond donors (Lipinski definition) is 0. The monoisotopic (exact) mass is 188 g/mol. The Morgan fingerprint density at radius 3 is 2.00 bits per heavy atom. The summed E-state index contributed by atoms with van der Waals surface area (Å²) in [5.74, 6) is 0. The summed E-state index contributed by atoms with van der Waals surface area (Å²) in [7, 11) is 0. The molecule has 1 aromatic carbocycles. The predicted octanol–water partition coefficient (Wildman–Crippen LogP) is 4.15. The van der Waals surface area contributed by atoms with E-state index in [1.807, 2.05) is 0 Å². The molecule has 0 bridgehead atoms. The Balaban J connectivity index is 2.50. The summed E-state index contributed by atoms with van der Waals surface area (Å²) in [6, 6.07) is 8.98. The minimum Gasteiger partial charge on any atom is -0.100 e. The second-order valence-electron chi connectivity index (χ2n) is 4.02. The first-order chi connectivity index (χ1) is 6.72. The van der Waals surface area contributed by atoms with E-state index >= 15 is 0 Å². The summed E-state index contributed by atoms with van der Waals surface area (Å²) in [5, 5.41) is 0. The molecule has 0 heterocycles. The van der Waals surface area contributed by atoms with Crippen LogP contribution in [0.3, 0.4) is 0 Å². The maximum atomic E-state index is 3.92. The third-order valence-electron chi connectivity index (χ3n) is 2.40. The molecule has 0 atom stereocenters. The maximum Gasteiger partial charge on any atom is -0.0242 e. The molecule has 0 saturated heterocycles. The highest BCUT2D eigenvalue weighted by atomic mass is 14.0. The van der Waals surface area contributed by atoms with Crippen molar-refractivity contribution >= 4 is 0 Å². The van der Waals surface area contributed by atoms with Crippen molar-refractivity contribution in [2.45, 2.75) is 39.5 Å². The van der Waals surface area contributed by atoms with Crippen molar-refractivity contribution in [3.05, 3.63) is 47.5 Å². The van der Waals surface area contributed by atoms with Crippen molar-refractivity contribution in [2.24, 2.45) is 0 Å². The number of aryl methyl sites for hydroxylation is 2. The molecule has 0 heteroatoms. The first kappa shape index (κ1) is 11.0. The van der Waals surface area contributed by atoms with E-state index in [2.05, 4.69) is 44.7 Å². The zero-order chi connectivity index (χ0) is 10.4. The van der Waals surface area contributed by atoms with E-state index in [0.29, 0.717) is 0 Å². The Morgan fingerprint density at radius 2 is 1.57 bits per heavy atom. The van der Waals surface area contributed by atoms with Crippen LogP contribution in [0.1, 0.15) is 37.8 Å². The van der Waals surface area contributed by atoms with Gasteiger partial charge >= 0.3 is 0 Å². The van der Waals surface area contributed by atoms with Gasteiger partial charge in [-0.15, -0.1) is 6.58 Å². The van der Waals surface area contributed by atoms with E-state index in [4.69, 9.17) is 0 Å². The van der Waals surface area contributed by atoms with E-state index < -0.39 is 0 Å². The van der Waals surface area contributed by atoms with Gasteiger partial charge in [0, 0.05) is 0 Å². The largest absolute Gasteiger partial charge is 0.100 e. The molecule has 1 rings (SSSR count). The molecule has 0 spiro atoms. The lowest BCUT2D eigenvalue weighted by Crippen LogP contribution is -1.88. The van der Waals surface area contributed by atoms with Crippen LogP contribution < -0.4 is 0 Å². The summed E-state index contributed by atoms with van der Waals surface area (Å²) >= 11 is 0. The second-order valence-corrected chi connectivity index (χ2v) is 4.02. The van der Waals surface area contributed by atoms with Gasteiger partial charge in [-0.1, -0.05) is 43.2 Å². The molecule has 0 saturated carbocycles. The van der Waals surface area contributed by atoms with Crippen LogP contribution in [0, 0.1) is 0 Å². The molecular formula is C14H20. The number of hydrogen-bond acceptors (Lipinski definition) is 0. The molecule has 1 aromatic rings. The standard InChI is InChI=1S/C14H20/c1-4-5-13-8-10-14(11-9-13)7-6-12(2)3/h8-11H,2,4-7H2,1,3H3. The summed E-state index contributed by atoms with van der Waals surface area (Å²) in [6.07, 6.45) is 4.65. The summed E-state index contributed by atoms with van der Waals surface area (Å²) in [5.41, 5.74) is 4.14. The fourth-order valence-corrected chi connectivity index (χ4v) is 1.52. The van der Waals surface area contributed by atoms with Gasteiger partial charge in [-0.05, 0) is 37.3 Å². The van der Waals surface area contributed by atoms with E-state index in [9.17, 15) is 0 Å². The summed E-state index contributed by atoms with van der Waals surface area (Å²) < 4.78 is 0. The smallest absolute Gasteiger partial charge is 0.0242 e. The lowest BCUT2D eigenvalue weighted by molar-refractivity contribution is 0.912. The molecule has 0 radical (unpaired) electrons. The highest BCUT2D eigenvalue weighted by molar-refractivity contribution is 5.23. The van der Waals surface area contributed by atoms with Crippen molar-refractivity contribution < 1.29 is 0 Å². The van der Waals surface area contributed by atoms with Gasteiger partial charge in [0.1, 0.15) is 0 Å². The molecule has 0 aliphatic rings. The van der Waals surface area contributed by atoms with E-state index in [-0.39, 0.29) is 0 Å². The van der Waals surface area contributed by atoms with Crippen molar-refractivity contribution in [1.29, 1.82) is 0 Å². The normalized spacial score (nSPS) is 10.1. The Morgan fingerprint density at radius 1 is 1.07 bits per heavy atom. The third-order valence-corrected chi connectivity index (χ3v) is 2.40. The van der Waals surface area contributed by atoms with Gasteiger partial charge in [-0.2, -0.15) is 0 Å². The van der Waals surface area contributed by atoms with Crippen LogP contribution >= 0.6 is 0 Å². The van der Waals surface area contributed by atoms with Gasteiger partial charge in [0.05, 0.1) is 0 Å². The lowest BCUT2D eigenvalue weighted by Gasteiger charge is -2.03.